The van der Waals surface area contributed by atoms with E-state index in [1.54, 1.807) is 6.26 Å². The first kappa shape index (κ1) is 10.2. The Morgan fingerprint density at radius 1 is 1.80 bits per heavy atom. The highest BCUT2D eigenvalue weighted by atomic mass is 16.4. The van der Waals surface area contributed by atoms with E-state index in [-0.39, 0.29) is 12.3 Å². The van der Waals surface area contributed by atoms with E-state index >= 15 is 0 Å². The topological polar surface area (TPSA) is 76.5 Å². The van der Waals surface area contributed by atoms with Gasteiger partial charge in [0.25, 0.3) is 0 Å². The highest BCUT2D eigenvalue weighted by Gasteiger charge is 2.46. The molecule has 2 rings (SSSR count). The second kappa shape index (κ2) is 3.38. The van der Waals surface area contributed by atoms with Crippen molar-refractivity contribution >= 4 is 5.97 Å². The van der Waals surface area contributed by atoms with E-state index in [9.17, 15) is 4.79 Å². The van der Waals surface area contributed by atoms with Crippen molar-refractivity contribution in [1.82, 2.24) is 0 Å². The number of carboxylic acid groups (broad SMARTS) is 1. The van der Waals surface area contributed by atoms with Crippen LogP contribution in [0.5, 0.6) is 0 Å². The fourth-order valence-corrected chi connectivity index (χ4v) is 2.60. The number of carbonyl (C=O) groups is 1. The van der Waals surface area contributed by atoms with Gasteiger partial charge in [-0.2, -0.15) is 0 Å². The Morgan fingerprint density at radius 2 is 2.53 bits per heavy atom. The smallest absolute Gasteiger partial charge is 0.304 e. The van der Waals surface area contributed by atoms with Crippen molar-refractivity contribution in [3.63, 3.8) is 0 Å². The van der Waals surface area contributed by atoms with E-state index in [0.29, 0.717) is 6.54 Å². The van der Waals surface area contributed by atoms with E-state index in [4.69, 9.17) is 15.3 Å². The molecule has 2 atom stereocenters. The molecule has 0 saturated carbocycles. The van der Waals surface area contributed by atoms with Gasteiger partial charge in [0.15, 0.2) is 0 Å². The molecule has 1 aliphatic rings. The summed E-state index contributed by atoms with van der Waals surface area (Å²) < 4.78 is 5.34. The zero-order chi connectivity index (χ0) is 11.1. The minimum absolute atomic E-state index is 0.0806. The maximum atomic E-state index is 10.9. The van der Waals surface area contributed by atoms with E-state index in [1.165, 1.54) is 0 Å². The number of carboxylic acids is 1. The van der Waals surface area contributed by atoms with Gasteiger partial charge in [-0.15, -0.1) is 0 Å². The lowest BCUT2D eigenvalue weighted by molar-refractivity contribution is -0.138. The number of furan rings is 1. The maximum Gasteiger partial charge on any atom is 0.304 e. The van der Waals surface area contributed by atoms with Gasteiger partial charge >= 0.3 is 5.97 Å². The first-order valence-electron chi connectivity index (χ1n) is 5.09. The van der Waals surface area contributed by atoms with E-state index in [1.807, 2.05) is 13.0 Å². The van der Waals surface area contributed by atoms with Crippen molar-refractivity contribution in [3.8, 4) is 0 Å². The molecule has 0 aromatic carbocycles. The van der Waals surface area contributed by atoms with Crippen LogP contribution in [0.4, 0.5) is 0 Å². The fraction of sp³-hybridized carbons (Fsp3) is 0.545. The molecule has 1 heterocycles. The zero-order valence-corrected chi connectivity index (χ0v) is 8.69. The fourth-order valence-electron chi connectivity index (χ4n) is 2.60. The molecular formula is C11H15NO3. The molecule has 0 fully saturated rings. The molecule has 4 nitrogen and oxygen atoms in total. The summed E-state index contributed by atoms with van der Waals surface area (Å²) in [5.41, 5.74) is 6.33. The van der Waals surface area contributed by atoms with Gasteiger partial charge in [-0.3, -0.25) is 4.79 Å². The molecule has 0 saturated heterocycles. The Kier molecular flexibility index (Phi) is 2.31. The predicted molar refractivity (Wildman–Crippen MR) is 54.6 cm³/mol. The monoisotopic (exact) mass is 209 g/mol. The van der Waals surface area contributed by atoms with Crippen LogP contribution in [0.15, 0.2) is 16.7 Å². The van der Waals surface area contributed by atoms with Crippen LogP contribution in [-0.4, -0.2) is 17.6 Å². The highest BCUT2D eigenvalue weighted by Crippen LogP contribution is 2.45. The molecule has 1 aliphatic carbocycles. The summed E-state index contributed by atoms with van der Waals surface area (Å²) >= 11 is 0. The number of hydrogen-bond acceptors (Lipinski definition) is 3. The predicted octanol–water partition coefficient (Wildman–Crippen LogP) is 1.14. The molecule has 0 spiro atoms. The van der Waals surface area contributed by atoms with Gasteiger partial charge in [0, 0.05) is 23.9 Å². The van der Waals surface area contributed by atoms with Gasteiger partial charge in [-0.25, -0.2) is 0 Å². The Labute approximate surface area is 88.1 Å². The second-order valence-electron chi connectivity index (χ2n) is 4.29. The standard InChI is InChI=1S/C11H15NO3/c1-7-4-9-8(2-3-15-9)11(7,6-12)5-10(13)14/h2-3,7H,4-6,12H2,1H3,(H,13,14). The molecule has 0 aliphatic heterocycles. The van der Waals surface area contributed by atoms with Crippen LogP contribution >= 0.6 is 0 Å². The normalized spacial score (nSPS) is 29.1. The van der Waals surface area contributed by atoms with Crippen molar-refractivity contribution in [1.29, 1.82) is 0 Å². The maximum absolute atomic E-state index is 10.9. The van der Waals surface area contributed by atoms with E-state index in [0.717, 1.165) is 17.7 Å². The Balaban J connectivity index is 2.43. The second-order valence-corrected chi connectivity index (χ2v) is 4.29. The number of nitrogens with two attached hydrogens (primary N) is 1. The third-order valence-corrected chi connectivity index (χ3v) is 3.55. The average Bonchev–Trinajstić information content (AvgIpc) is 2.69. The third kappa shape index (κ3) is 1.36. The van der Waals surface area contributed by atoms with Crippen LogP contribution in [0.25, 0.3) is 0 Å². The zero-order valence-electron chi connectivity index (χ0n) is 8.69. The van der Waals surface area contributed by atoms with Crippen LogP contribution in [0.2, 0.25) is 0 Å². The summed E-state index contributed by atoms with van der Waals surface area (Å²) in [5, 5.41) is 8.96. The molecular weight excluding hydrogens is 194 g/mol. The van der Waals surface area contributed by atoms with Crippen molar-refractivity contribution in [2.24, 2.45) is 11.7 Å². The third-order valence-electron chi connectivity index (χ3n) is 3.55. The van der Waals surface area contributed by atoms with Crippen LogP contribution in [-0.2, 0) is 16.6 Å². The van der Waals surface area contributed by atoms with Gasteiger partial charge in [-0.1, -0.05) is 6.92 Å². The number of rotatable bonds is 3. The summed E-state index contributed by atoms with van der Waals surface area (Å²) in [6.07, 6.45) is 2.48. The summed E-state index contributed by atoms with van der Waals surface area (Å²) in [5.74, 6) is 0.323. The van der Waals surface area contributed by atoms with Crippen LogP contribution < -0.4 is 5.73 Å². The van der Waals surface area contributed by atoms with E-state index in [2.05, 4.69) is 0 Å². The Morgan fingerprint density at radius 3 is 3.13 bits per heavy atom. The van der Waals surface area contributed by atoms with Crippen LogP contribution in [0.3, 0.4) is 0 Å². The van der Waals surface area contributed by atoms with Gasteiger partial charge in [0.1, 0.15) is 5.76 Å². The average molecular weight is 209 g/mol. The Bertz CT molecular complexity index is 385. The van der Waals surface area contributed by atoms with Crippen molar-refractivity contribution in [2.75, 3.05) is 6.54 Å². The van der Waals surface area contributed by atoms with Crippen LogP contribution in [0.1, 0.15) is 24.7 Å². The molecule has 82 valence electrons. The molecule has 0 bridgehead atoms. The lowest BCUT2D eigenvalue weighted by Gasteiger charge is -2.31. The SMILES string of the molecule is CC1Cc2occc2C1(CN)CC(=O)O. The first-order chi connectivity index (χ1) is 7.10. The largest absolute Gasteiger partial charge is 0.481 e. The summed E-state index contributed by atoms with van der Waals surface area (Å²) in [6, 6.07) is 1.86. The minimum Gasteiger partial charge on any atom is -0.481 e. The number of aliphatic carboxylic acids is 1. The molecule has 3 N–H and O–H groups in total. The first-order valence-corrected chi connectivity index (χ1v) is 5.09. The molecule has 2 unspecified atom stereocenters. The molecule has 4 heteroatoms. The number of hydrogen-bond donors (Lipinski definition) is 2. The molecule has 0 amide bonds. The molecule has 15 heavy (non-hydrogen) atoms. The van der Waals surface area contributed by atoms with Crippen molar-refractivity contribution in [3.05, 3.63) is 23.7 Å². The number of fused-ring (bicyclic) bond motifs is 1. The van der Waals surface area contributed by atoms with Gasteiger partial charge in [0.2, 0.25) is 0 Å². The highest BCUT2D eigenvalue weighted by molar-refractivity contribution is 5.70. The molecule has 0 radical (unpaired) electrons. The minimum atomic E-state index is -0.804. The summed E-state index contributed by atoms with van der Waals surface area (Å²) in [7, 11) is 0. The quantitative estimate of drug-likeness (QED) is 0.782. The van der Waals surface area contributed by atoms with Gasteiger partial charge in [0.05, 0.1) is 12.7 Å². The van der Waals surface area contributed by atoms with Crippen molar-refractivity contribution in [2.45, 2.75) is 25.2 Å². The summed E-state index contributed by atoms with van der Waals surface area (Å²) in [4.78, 5) is 10.9. The van der Waals surface area contributed by atoms with E-state index < -0.39 is 11.4 Å². The van der Waals surface area contributed by atoms with Crippen LogP contribution in [0, 0.1) is 5.92 Å². The van der Waals surface area contributed by atoms with Gasteiger partial charge in [-0.05, 0) is 12.0 Å². The molecule has 1 aromatic rings. The lowest BCUT2D eigenvalue weighted by atomic mass is 9.73. The summed E-state index contributed by atoms with van der Waals surface area (Å²) in [6.45, 7) is 2.39. The van der Waals surface area contributed by atoms with Crippen molar-refractivity contribution < 1.29 is 14.3 Å². The Hall–Kier alpha value is -1.29. The lowest BCUT2D eigenvalue weighted by Crippen LogP contribution is -2.40. The molecule has 1 aromatic heterocycles. The van der Waals surface area contributed by atoms with Gasteiger partial charge < -0.3 is 15.3 Å².